The van der Waals surface area contributed by atoms with Gasteiger partial charge in [0.25, 0.3) is 5.91 Å². The van der Waals surface area contributed by atoms with Crippen molar-refractivity contribution in [1.29, 1.82) is 0 Å². The molecule has 0 aliphatic carbocycles. The van der Waals surface area contributed by atoms with Crippen molar-refractivity contribution in [2.45, 2.75) is 34.2 Å². The van der Waals surface area contributed by atoms with Crippen molar-refractivity contribution in [2.75, 3.05) is 19.6 Å². The number of nitrogens with zero attached hydrogens (tertiary/aromatic N) is 3. The maximum atomic E-state index is 12.5. The van der Waals surface area contributed by atoms with Gasteiger partial charge in [0.1, 0.15) is 5.69 Å². The van der Waals surface area contributed by atoms with Crippen LogP contribution in [0.25, 0.3) is 0 Å². The first-order valence-corrected chi connectivity index (χ1v) is 6.95. The molecule has 19 heavy (non-hydrogen) atoms. The third-order valence-corrected chi connectivity index (χ3v) is 2.70. The lowest BCUT2D eigenvalue weighted by Crippen LogP contribution is -2.37. The van der Waals surface area contributed by atoms with E-state index in [-0.39, 0.29) is 5.91 Å². The predicted octanol–water partition coefficient (Wildman–Crippen LogP) is 1.60. The Hall–Kier alpha value is -1.36. The Bertz CT molecular complexity index is 388. The molecular formula is C14H26N4O. The Balaban J connectivity index is 2.78. The van der Waals surface area contributed by atoms with E-state index in [9.17, 15) is 4.79 Å². The van der Waals surface area contributed by atoms with Crippen LogP contribution in [0.4, 0.5) is 0 Å². The Labute approximate surface area is 115 Å². The largest absolute Gasteiger partial charge is 0.337 e. The van der Waals surface area contributed by atoms with E-state index in [2.05, 4.69) is 32.7 Å². The second-order valence-corrected chi connectivity index (χ2v) is 5.78. The molecule has 0 aliphatic heterocycles. The van der Waals surface area contributed by atoms with Crippen molar-refractivity contribution in [3.8, 4) is 0 Å². The van der Waals surface area contributed by atoms with E-state index in [0.29, 0.717) is 30.6 Å². The third kappa shape index (κ3) is 5.03. The van der Waals surface area contributed by atoms with Crippen LogP contribution in [0.2, 0.25) is 0 Å². The van der Waals surface area contributed by atoms with Gasteiger partial charge in [0.2, 0.25) is 0 Å². The molecule has 0 saturated carbocycles. The molecule has 2 N–H and O–H groups in total. The molecule has 1 aromatic rings. The van der Waals surface area contributed by atoms with Crippen LogP contribution in [0.1, 0.15) is 38.2 Å². The van der Waals surface area contributed by atoms with Crippen molar-refractivity contribution in [3.63, 3.8) is 0 Å². The molecule has 5 heteroatoms. The summed E-state index contributed by atoms with van der Waals surface area (Å²) >= 11 is 0. The number of hydrogen-bond acceptors (Lipinski definition) is 3. The van der Waals surface area contributed by atoms with Gasteiger partial charge in [0, 0.05) is 32.4 Å². The monoisotopic (exact) mass is 266 g/mol. The lowest BCUT2D eigenvalue weighted by molar-refractivity contribution is 0.0709. The van der Waals surface area contributed by atoms with Crippen molar-refractivity contribution >= 4 is 5.91 Å². The summed E-state index contributed by atoms with van der Waals surface area (Å²) in [7, 11) is 0. The van der Waals surface area contributed by atoms with Crippen LogP contribution >= 0.6 is 0 Å². The fourth-order valence-corrected chi connectivity index (χ4v) is 2.03. The van der Waals surface area contributed by atoms with E-state index in [1.807, 2.05) is 9.47 Å². The van der Waals surface area contributed by atoms with Crippen LogP contribution in [0, 0.1) is 11.8 Å². The van der Waals surface area contributed by atoms with E-state index in [1.54, 1.807) is 12.5 Å². The van der Waals surface area contributed by atoms with Gasteiger partial charge >= 0.3 is 0 Å². The molecule has 0 atom stereocenters. The second kappa shape index (κ2) is 7.28. The number of carbonyl (C=O) groups excluding carboxylic acids is 1. The van der Waals surface area contributed by atoms with E-state index in [4.69, 9.17) is 5.73 Å². The highest BCUT2D eigenvalue weighted by Gasteiger charge is 2.19. The van der Waals surface area contributed by atoms with E-state index in [0.717, 1.165) is 13.1 Å². The molecule has 0 saturated heterocycles. The molecular weight excluding hydrogens is 240 g/mol. The van der Waals surface area contributed by atoms with Crippen molar-refractivity contribution < 1.29 is 4.79 Å². The minimum atomic E-state index is 0.0122. The summed E-state index contributed by atoms with van der Waals surface area (Å²) in [5.74, 6) is 0.917. The number of rotatable bonds is 7. The molecule has 1 rings (SSSR count). The quantitative estimate of drug-likeness (QED) is 0.815. The van der Waals surface area contributed by atoms with Gasteiger partial charge in [-0.15, -0.1) is 0 Å². The Morgan fingerprint density at radius 2 is 1.89 bits per heavy atom. The highest BCUT2D eigenvalue weighted by atomic mass is 16.2. The maximum Gasteiger partial charge on any atom is 0.274 e. The summed E-state index contributed by atoms with van der Waals surface area (Å²) < 4.78 is 1.86. The summed E-state index contributed by atoms with van der Waals surface area (Å²) in [5.41, 5.74) is 6.00. The molecule has 0 aromatic carbocycles. The lowest BCUT2D eigenvalue weighted by Gasteiger charge is -2.25. The standard InChI is InChI=1S/C14H26N4O/c1-11(2)7-18(8-12(3)4)14(19)13-9-17(6-5-15)10-16-13/h9-12H,5-8,15H2,1-4H3. The molecule has 108 valence electrons. The third-order valence-electron chi connectivity index (χ3n) is 2.70. The Morgan fingerprint density at radius 3 is 2.37 bits per heavy atom. The highest BCUT2D eigenvalue weighted by Crippen LogP contribution is 2.09. The first-order chi connectivity index (χ1) is 8.93. The van der Waals surface area contributed by atoms with Gasteiger partial charge in [-0.05, 0) is 11.8 Å². The highest BCUT2D eigenvalue weighted by molar-refractivity contribution is 5.92. The van der Waals surface area contributed by atoms with Gasteiger partial charge in [-0.1, -0.05) is 27.7 Å². The molecule has 0 aliphatic rings. The van der Waals surface area contributed by atoms with Crippen LogP contribution in [0.5, 0.6) is 0 Å². The average molecular weight is 266 g/mol. The van der Waals surface area contributed by atoms with Gasteiger partial charge in [0.05, 0.1) is 6.33 Å². The lowest BCUT2D eigenvalue weighted by atomic mass is 10.1. The summed E-state index contributed by atoms with van der Waals surface area (Å²) in [6.45, 7) is 11.2. The minimum absolute atomic E-state index is 0.0122. The number of amides is 1. The molecule has 1 amide bonds. The zero-order valence-electron chi connectivity index (χ0n) is 12.5. The van der Waals surface area contributed by atoms with Crippen LogP contribution in [0.15, 0.2) is 12.5 Å². The predicted molar refractivity (Wildman–Crippen MR) is 76.9 cm³/mol. The smallest absolute Gasteiger partial charge is 0.274 e. The Morgan fingerprint density at radius 1 is 1.32 bits per heavy atom. The number of carbonyl (C=O) groups is 1. The molecule has 1 heterocycles. The maximum absolute atomic E-state index is 12.5. The number of aromatic nitrogens is 2. The first-order valence-electron chi connectivity index (χ1n) is 6.95. The summed E-state index contributed by atoms with van der Waals surface area (Å²) in [6.07, 6.45) is 3.45. The summed E-state index contributed by atoms with van der Waals surface area (Å²) in [6, 6.07) is 0. The zero-order chi connectivity index (χ0) is 14.4. The summed E-state index contributed by atoms with van der Waals surface area (Å²) in [5, 5.41) is 0. The van der Waals surface area contributed by atoms with Crippen molar-refractivity contribution in [1.82, 2.24) is 14.5 Å². The Kier molecular flexibility index (Phi) is 6.02. The van der Waals surface area contributed by atoms with Crippen LogP contribution in [0.3, 0.4) is 0 Å². The van der Waals surface area contributed by atoms with Gasteiger partial charge in [0.15, 0.2) is 0 Å². The normalized spacial score (nSPS) is 11.3. The average Bonchev–Trinajstić information content (AvgIpc) is 2.75. The van der Waals surface area contributed by atoms with E-state index < -0.39 is 0 Å². The topological polar surface area (TPSA) is 64.2 Å². The molecule has 0 radical (unpaired) electrons. The van der Waals surface area contributed by atoms with E-state index in [1.165, 1.54) is 0 Å². The van der Waals surface area contributed by atoms with Gasteiger partial charge < -0.3 is 15.2 Å². The zero-order valence-corrected chi connectivity index (χ0v) is 12.5. The van der Waals surface area contributed by atoms with Gasteiger partial charge in [-0.25, -0.2) is 4.98 Å². The van der Waals surface area contributed by atoms with Crippen LogP contribution in [-0.4, -0.2) is 40.0 Å². The molecule has 0 unspecified atom stereocenters. The van der Waals surface area contributed by atoms with Crippen molar-refractivity contribution in [2.24, 2.45) is 17.6 Å². The SMILES string of the molecule is CC(C)CN(CC(C)C)C(=O)c1cn(CCN)cn1. The molecule has 0 fully saturated rings. The number of nitrogens with two attached hydrogens (primary N) is 1. The number of hydrogen-bond donors (Lipinski definition) is 1. The van der Waals surface area contributed by atoms with E-state index >= 15 is 0 Å². The molecule has 5 nitrogen and oxygen atoms in total. The first kappa shape index (κ1) is 15.7. The second-order valence-electron chi connectivity index (χ2n) is 5.78. The number of imidazole rings is 1. The molecule has 0 spiro atoms. The van der Waals surface area contributed by atoms with Crippen LogP contribution < -0.4 is 5.73 Å². The van der Waals surface area contributed by atoms with Gasteiger partial charge in [-0.2, -0.15) is 0 Å². The molecule has 0 bridgehead atoms. The summed E-state index contributed by atoms with van der Waals surface area (Å²) in [4.78, 5) is 18.5. The fourth-order valence-electron chi connectivity index (χ4n) is 2.03. The molecule has 1 aromatic heterocycles. The fraction of sp³-hybridized carbons (Fsp3) is 0.714. The van der Waals surface area contributed by atoms with Gasteiger partial charge in [-0.3, -0.25) is 4.79 Å². The minimum Gasteiger partial charge on any atom is -0.337 e. The van der Waals surface area contributed by atoms with Crippen molar-refractivity contribution in [3.05, 3.63) is 18.2 Å². The van der Waals surface area contributed by atoms with Crippen LogP contribution in [-0.2, 0) is 6.54 Å².